The fourth-order valence-corrected chi connectivity index (χ4v) is 1.52. The van der Waals surface area contributed by atoms with E-state index in [0.717, 1.165) is 6.20 Å². The van der Waals surface area contributed by atoms with Gasteiger partial charge in [0.15, 0.2) is 0 Å². The quantitative estimate of drug-likeness (QED) is 0.575. The minimum Gasteiger partial charge on any atom is -0.506 e. The zero-order valence-electron chi connectivity index (χ0n) is 10.7. The Balaban J connectivity index is 2.24. The number of esters is 1. The van der Waals surface area contributed by atoms with Gasteiger partial charge >= 0.3 is 5.97 Å². The highest BCUT2D eigenvalue weighted by Gasteiger charge is 2.13. The van der Waals surface area contributed by atoms with Gasteiger partial charge in [0.1, 0.15) is 11.3 Å². The third-order valence-electron chi connectivity index (χ3n) is 2.45. The van der Waals surface area contributed by atoms with E-state index in [1.54, 1.807) is 25.1 Å². The number of para-hydroxylation sites is 2. The van der Waals surface area contributed by atoms with Crippen molar-refractivity contribution in [3.8, 4) is 5.75 Å². The van der Waals surface area contributed by atoms with Gasteiger partial charge in [-0.3, -0.25) is 9.78 Å². The lowest BCUT2D eigenvalue weighted by Gasteiger charge is -2.07. The van der Waals surface area contributed by atoms with Crippen molar-refractivity contribution in [3.05, 3.63) is 46.4 Å². The molecular weight excluding hydrogens is 262 g/mol. The lowest BCUT2D eigenvalue weighted by molar-refractivity contribution is 0.0524. The van der Waals surface area contributed by atoms with Crippen molar-refractivity contribution in [3.63, 3.8) is 0 Å². The SMILES string of the molecule is CCOC(=O)c1cnc(Nc2ccccc2O)[nH]c1=O. The minimum absolute atomic E-state index is 0.0182. The number of rotatable bonds is 4. The third-order valence-corrected chi connectivity index (χ3v) is 2.45. The summed E-state index contributed by atoms with van der Waals surface area (Å²) < 4.78 is 4.73. The fourth-order valence-electron chi connectivity index (χ4n) is 1.52. The average Bonchev–Trinajstić information content (AvgIpc) is 2.42. The molecule has 3 N–H and O–H groups in total. The number of nitrogens with one attached hydrogen (secondary N) is 2. The van der Waals surface area contributed by atoms with Gasteiger partial charge in [-0.2, -0.15) is 0 Å². The maximum atomic E-state index is 11.7. The molecule has 1 aromatic heterocycles. The van der Waals surface area contributed by atoms with Crippen molar-refractivity contribution in [2.24, 2.45) is 0 Å². The van der Waals surface area contributed by atoms with Crippen LogP contribution in [0.1, 0.15) is 17.3 Å². The second-order valence-corrected chi connectivity index (χ2v) is 3.84. The van der Waals surface area contributed by atoms with Crippen LogP contribution in [-0.4, -0.2) is 27.7 Å². The number of nitrogens with zero attached hydrogens (tertiary/aromatic N) is 1. The van der Waals surface area contributed by atoms with Crippen molar-refractivity contribution in [1.82, 2.24) is 9.97 Å². The van der Waals surface area contributed by atoms with Gasteiger partial charge in [-0.25, -0.2) is 9.78 Å². The minimum atomic E-state index is -0.727. The molecular formula is C13H13N3O4. The smallest absolute Gasteiger partial charge is 0.345 e. The molecule has 0 amide bonds. The fraction of sp³-hybridized carbons (Fsp3) is 0.154. The molecule has 0 atom stereocenters. The summed E-state index contributed by atoms with van der Waals surface area (Å²) in [4.78, 5) is 29.5. The van der Waals surface area contributed by atoms with Crippen molar-refractivity contribution in [2.75, 3.05) is 11.9 Å². The molecule has 20 heavy (non-hydrogen) atoms. The second-order valence-electron chi connectivity index (χ2n) is 3.84. The van der Waals surface area contributed by atoms with Gasteiger partial charge in [-0.1, -0.05) is 12.1 Å². The Hall–Kier alpha value is -2.83. The largest absolute Gasteiger partial charge is 0.506 e. The Labute approximate surface area is 114 Å². The molecule has 0 radical (unpaired) electrons. The first-order valence-corrected chi connectivity index (χ1v) is 5.93. The monoisotopic (exact) mass is 275 g/mol. The van der Waals surface area contributed by atoms with Crippen LogP contribution in [0.25, 0.3) is 0 Å². The lowest BCUT2D eigenvalue weighted by Crippen LogP contribution is -2.21. The number of hydrogen-bond acceptors (Lipinski definition) is 6. The Morgan fingerprint density at radius 2 is 2.20 bits per heavy atom. The standard InChI is InChI=1S/C13H13N3O4/c1-2-20-12(19)8-7-14-13(16-11(8)18)15-9-5-3-4-6-10(9)17/h3-7,17H,2H2,1H3,(H2,14,15,16,18). The van der Waals surface area contributed by atoms with E-state index < -0.39 is 11.5 Å². The molecule has 0 saturated heterocycles. The van der Waals surface area contributed by atoms with Crippen LogP contribution < -0.4 is 10.9 Å². The molecule has 0 spiro atoms. The van der Waals surface area contributed by atoms with E-state index in [1.165, 1.54) is 6.07 Å². The van der Waals surface area contributed by atoms with Crippen LogP contribution in [0, 0.1) is 0 Å². The van der Waals surface area contributed by atoms with Gasteiger partial charge in [0.2, 0.25) is 5.95 Å². The highest BCUT2D eigenvalue weighted by molar-refractivity contribution is 5.88. The number of carbonyl (C=O) groups is 1. The maximum absolute atomic E-state index is 11.7. The summed E-state index contributed by atoms with van der Waals surface area (Å²) in [6.07, 6.45) is 1.12. The van der Waals surface area contributed by atoms with E-state index in [1.807, 2.05) is 0 Å². The molecule has 7 nitrogen and oxygen atoms in total. The number of hydrogen-bond donors (Lipinski definition) is 3. The first-order chi connectivity index (χ1) is 9.61. The number of aromatic amines is 1. The van der Waals surface area contributed by atoms with E-state index in [0.29, 0.717) is 5.69 Å². The Kier molecular flexibility index (Phi) is 3.99. The molecule has 2 aromatic rings. The Morgan fingerprint density at radius 1 is 1.45 bits per heavy atom. The number of ether oxygens (including phenoxy) is 1. The maximum Gasteiger partial charge on any atom is 0.345 e. The van der Waals surface area contributed by atoms with Crippen LogP contribution in [0.2, 0.25) is 0 Å². The number of phenolic OH excluding ortho intramolecular Hbond substituents is 1. The molecule has 0 bridgehead atoms. The van der Waals surface area contributed by atoms with Gasteiger partial charge in [0.05, 0.1) is 18.5 Å². The third kappa shape index (κ3) is 2.94. The number of H-pyrrole nitrogens is 1. The van der Waals surface area contributed by atoms with Gasteiger partial charge in [0, 0.05) is 0 Å². The first-order valence-electron chi connectivity index (χ1n) is 5.93. The average molecular weight is 275 g/mol. The molecule has 0 aliphatic heterocycles. The molecule has 0 aliphatic carbocycles. The van der Waals surface area contributed by atoms with Crippen LogP contribution in [0.15, 0.2) is 35.3 Å². The van der Waals surface area contributed by atoms with E-state index in [9.17, 15) is 14.7 Å². The summed E-state index contributed by atoms with van der Waals surface area (Å²) in [5, 5.41) is 12.3. The van der Waals surface area contributed by atoms with Gasteiger partial charge in [0.25, 0.3) is 5.56 Å². The summed E-state index contributed by atoms with van der Waals surface area (Å²) in [6.45, 7) is 1.82. The summed E-state index contributed by atoms with van der Waals surface area (Å²) in [5.41, 5.74) is -0.398. The predicted octanol–water partition coefficient (Wildman–Crippen LogP) is 1.40. The highest BCUT2D eigenvalue weighted by Crippen LogP contribution is 2.23. The zero-order valence-corrected chi connectivity index (χ0v) is 10.7. The molecule has 1 heterocycles. The number of anilines is 2. The van der Waals surface area contributed by atoms with Crippen molar-refractivity contribution < 1.29 is 14.6 Å². The normalized spacial score (nSPS) is 10.1. The molecule has 7 heteroatoms. The van der Waals surface area contributed by atoms with Gasteiger partial charge in [-0.05, 0) is 19.1 Å². The summed E-state index contributed by atoms with van der Waals surface area (Å²) in [5.74, 6) is -0.593. The predicted molar refractivity (Wildman–Crippen MR) is 72.2 cm³/mol. The summed E-state index contributed by atoms with van der Waals surface area (Å²) in [7, 11) is 0. The second kappa shape index (κ2) is 5.87. The van der Waals surface area contributed by atoms with Crippen LogP contribution in [0.3, 0.4) is 0 Å². The first kappa shape index (κ1) is 13.6. The van der Waals surface area contributed by atoms with Crippen LogP contribution in [0.4, 0.5) is 11.6 Å². The summed E-state index contributed by atoms with van der Waals surface area (Å²) in [6, 6.07) is 6.50. The lowest BCUT2D eigenvalue weighted by atomic mass is 10.3. The number of aromatic hydroxyl groups is 1. The molecule has 1 aromatic carbocycles. The van der Waals surface area contributed by atoms with Crippen molar-refractivity contribution in [2.45, 2.75) is 6.92 Å². The molecule has 104 valence electrons. The van der Waals surface area contributed by atoms with Crippen molar-refractivity contribution >= 4 is 17.6 Å². The van der Waals surface area contributed by atoms with Gasteiger partial charge in [-0.15, -0.1) is 0 Å². The van der Waals surface area contributed by atoms with E-state index in [2.05, 4.69) is 15.3 Å². The number of benzene rings is 1. The number of aromatic nitrogens is 2. The topological polar surface area (TPSA) is 104 Å². The molecule has 0 aliphatic rings. The van der Waals surface area contributed by atoms with Crippen LogP contribution >= 0.6 is 0 Å². The zero-order chi connectivity index (χ0) is 14.5. The van der Waals surface area contributed by atoms with E-state index in [4.69, 9.17) is 4.74 Å². The highest BCUT2D eigenvalue weighted by atomic mass is 16.5. The van der Waals surface area contributed by atoms with Crippen molar-refractivity contribution in [1.29, 1.82) is 0 Å². The molecule has 0 fully saturated rings. The molecule has 2 rings (SSSR count). The van der Waals surface area contributed by atoms with E-state index >= 15 is 0 Å². The Morgan fingerprint density at radius 3 is 2.85 bits per heavy atom. The van der Waals surface area contributed by atoms with E-state index in [-0.39, 0.29) is 23.9 Å². The Bertz CT molecular complexity index is 681. The van der Waals surface area contributed by atoms with Crippen LogP contribution in [0.5, 0.6) is 5.75 Å². The van der Waals surface area contributed by atoms with Gasteiger partial charge < -0.3 is 15.2 Å². The number of carbonyl (C=O) groups excluding carboxylic acids is 1. The van der Waals surface area contributed by atoms with Crippen LogP contribution in [-0.2, 0) is 4.74 Å². The molecule has 0 saturated carbocycles. The molecule has 0 unspecified atom stereocenters. The summed E-state index contributed by atoms with van der Waals surface area (Å²) >= 11 is 0. The number of phenols is 1.